The number of nitrogens with zero attached hydrogens (tertiary/aromatic N) is 1. The third-order valence-corrected chi connectivity index (χ3v) is 2.75. The topological polar surface area (TPSA) is 3.24 Å². The van der Waals surface area contributed by atoms with Crippen molar-refractivity contribution >= 4 is 8.58 Å². The molecule has 0 aliphatic carbocycles. The molecule has 0 N–H and O–H groups in total. The molecule has 1 rings (SSSR count). The quantitative estimate of drug-likeness (QED) is 0.427. The fourth-order valence-corrected chi connectivity index (χ4v) is 1.93. The lowest BCUT2D eigenvalue weighted by Crippen LogP contribution is -2.22. The van der Waals surface area contributed by atoms with Crippen LogP contribution in [0.25, 0.3) is 0 Å². The van der Waals surface area contributed by atoms with Gasteiger partial charge in [-0.25, -0.2) is 0 Å². The third kappa shape index (κ3) is 1.75. The maximum atomic E-state index is 2.40. The summed E-state index contributed by atoms with van der Waals surface area (Å²) in [5, 5.41) is 0. The molecule has 0 radical (unpaired) electrons. The summed E-state index contributed by atoms with van der Waals surface area (Å²) in [5.41, 5.74) is 0. The van der Waals surface area contributed by atoms with Crippen LogP contribution in [-0.2, 0) is 0 Å². The van der Waals surface area contributed by atoms with Gasteiger partial charge in [0.2, 0.25) is 0 Å². The standard InChI is InChI=1S/C5H12NP/c1-6-3-2-4-7-5-6/h7H,2-5H2,1H3. The van der Waals surface area contributed by atoms with E-state index in [4.69, 9.17) is 0 Å². The van der Waals surface area contributed by atoms with Crippen molar-refractivity contribution < 1.29 is 0 Å². The molecule has 1 atom stereocenters. The van der Waals surface area contributed by atoms with Gasteiger partial charge in [0.1, 0.15) is 0 Å². The summed E-state index contributed by atoms with van der Waals surface area (Å²) >= 11 is 0. The summed E-state index contributed by atoms with van der Waals surface area (Å²) in [6.45, 7) is 1.33. The van der Waals surface area contributed by atoms with Gasteiger partial charge in [-0.15, -0.1) is 8.58 Å². The van der Waals surface area contributed by atoms with E-state index in [-0.39, 0.29) is 0 Å². The lowest BCUT2D eigenvalue weighted by atomic mass is 10.4. The van der Waals surface area contributed by atoms with Crippen LogP contribution in [0.5, 0.6) is 0 Å². The predicted octanol–water partition coefficient (Wildman–Crippen LogP) is 0.958. The molecule has 0 amide bonds. The summed E-state index contributed by atoms with van der Waals surface area (Å²) in [6, 6.07) is 0. The molecule has 1 aliphatic rings. The Hall–Kier alpha value is 0.390. The summed E-state index contributed by atoms with van der Waals surface area (Å²) in [6.07, 6.45) is 4.25. The zero-order chi connectivity index (χ0) is 5.11. The predicted molar refractivity (Wildman–Crippen MR) is 35.3 cm³/mol. The summed E-state index contributed by atoms with van der Waals surface area (Å²) < 4.78 is 0. The first-order valence-corrected chi connectivity index (χ1v) is 4.20. The van der Waals surface area contributed by atoms with Crippen LogP contribution in [0.2, 0.25) is 0 Å². The molecular formula is C5H12NP. The average Bonchev–Trinajstić information content (AvgIpc) is 1.69. The van der Waals surface area contributed by atoms with Gasteiger partial charge < -0.3 is 4.90 Å². The Morgan fingerprint density at radius 3 is 2.71 bits per heavy atom. The molecule has 0 aromatic carbocycles. The number of hydrogen-bond donors (Lipinski definition) is 0. The Kier molecular flexibility index (Phi) is 2.08. The van der Waals surface area contributed by atoms with Gasteiger partial charge in [-0.3, -0.25) is 0 Å². The Bertz CT molecular complexity index is 50.0. The van der Waals surface area contributed by atoms with E-state index in [0.717, 1.165) is 0 Å². The summed E-state index contributed by atoms with van der Waals surface area (Å²) in [5.74, 6) is 0. The van der Waals surface area contributed by atoms with Gasteiger partial charge >= 0.3 is 0 Å². The monoisotopic (exact) mass is 117 g/mol. The molecule has 2 heteroatoms. The van der Waals surface area contributed by atoms with E-state index in [0.29, 0.717) is 0 Å². The zero-order valence-electron chi connectivity index (χ0n) is 4.78. The van der Waals surface area contributed by atoms with Crippen molar-refractivity contribution in [2.45, 2.75) is 6.42 Å². The molecule has 1 unspecified atom stereocenters. The molecule has 1 saturated heterocycles. The summed E-state index contributed by atoms with van der Waals surface area (Å²) in [4.78, 5) is 2.40. The fourth-order valence-electron chi connectivity index (χ4n) is 0.823. The largest absolute Gasteiger partial charge is 0.303 e. The van der Waals surface area contributed by atoms with E-state index < -0.39 is 0 Å². The highest BCUT2D eigenvalue weighted by atomic mass is 31.1. The van der Waals surface area contributed by atoms with E-state index in [2.05, 4.69) is 11.9 Å². The van der Waals surface area contributed by atoms with Crippen molar-refractivity contribution in [1.29, 1.82) is 0 Å². The van der Waals surface area contributed by atoms with Crippen LogP contribution in [0.3, 0.4) is 0 Å². The molecule has 1 aliphatic heterocycles. The first-order chi connectivity index (χ1) is 3.39. The maximum Gasteiger partial charge on any atom is 0.0152 e. The van der Waals surface area contributed by atoms with Crippen molar-refractivity contribution in [3.05, 3.63) is 0 Å². The Morgan fingerprint density at radius 1 is 1.57 bits per heavy atom. The molecule has 42 valence electrons. The lowest BCUT2D eigenvalue weighted by molar-refractivity contribution is 0.381. The van der Waals surface area contributed by atoms with Crippen molar-refractivity contribution in [1.82, 2.24) is 4.90 Å². The van der Waals surface area contributed by atoms with Gasteiger partial charge in [-0.05, 0) is 26.2 Å². The second kappa shape index (κ2) is 2.64. The highest BCUT2D eigenvalue weighted by Gasteiger charge is 2.02. The van der Waals surface area contributed by atoms with Gasteiger partial charge in [0.25, 0.3) is 0 Å². The van der Waals surface area contributed by atoms with Crippen LogP contribution in [-0.4, -0.2) is 30.9 Å². The Morgan fingerprint density at radius 2 is 2.43 bits per heavy atom. The second-order valence-electron chi connectivity index (χ2n) is 2.09. The Balaban J connectivity index is 2.12. The minimum absolute atomic E-state index is 1.21. The van der Waals surface area contributed by atoms with Crippen LogP contribution < -0.4 is 0 Å². The van der Waals surface area contributed by atoms with Gasteiger partial charge in [0.15, 0.2) is 0 Å². The number of hydrogen-bond acceptors (Lipinski definition) is 1. The molecule has 7 heavy (non-hydrogen) atoms. The van der Waals surface area contributed by atoms with Crippen molar-refractivity contribution in [2.75, 3.05) is 26.0 Å². The first kappa shape index (κ1) is 5.53. The van der Waals surface area contributed by atoms with E-state index in [1.54, 1.807) is 0 Å². The molecule has 0 aromatic heterocycles. The van der Waals surface area contributed by atoms with Gasteiger partial charge in [-0.1, -0.05) is 0 Å². The van der Waals surface area contributed by atoms with Gasteiger partial charge in [0.05, 0.1) is 0 Å². The first-order valence-electron chi connectivity index (χ1n) is 2.79. The zero-order valence-corrected chi connectivity index (χ0v) is 5.78. The molecule has 1 nitrogen and oxygen atoms in total. The van der Waals surface area contributed by atoms with E-state index in [9.17, 15) is 0 Å². The highest BCUT2D eigenvalue weighted by molar-refractivity contribution is 7.37. The van der Waals surface area contributed by atoms with Crippen LogP contribution in [0.4, 0.5) is 0 Å². The van der Waals surface area contributed by atoms with Crippen LogP contribution in [0.15, 0.2) is 0 Å². The van der Waals surface area contributed by atoms with Crippen molar-refractivity contribution in [3.63, 3.8) is 0 Å². The molecule has 1 fully saturated rings. The lowest BCUT2D eigenvalue weighted by Gasteiger charge is -2.20. The van der Waals surface area contributed by atoms with Crippen LogP contribution in [0.1, 0.15) is 6.42 Å². The molecule has 0 saturated carbocycles. The van der Waals surface area contributed by atoms with Crippen LogP contribution in [0, 0.1) is 0 Å². The molecule has 0 spiro atoms. The number of rotatable bonds is 0. The molecule has 0 bridgehead atoms. The minimum atomic E-state index is 1.21. The van der Waals surface area contributed by atoms with E-state index in [1.807, 2.05) is 0 Å². The molecule has 1 heterocycles. The smallest absolute Gasteiger partial charge is 0.0152 e. The molecular weight excluding hydrogens is 105 g/mol. The maximum absolute atomic E-state index is 2.40. The van der Waals surface area contributed by atoms with Gasteiger partial charge in [0, 0.05) is 6.29 Å². The Labute approximate surface area is 46.9 Å². The summed E-state index contributed by atoms with van der Waals surface area (Å²) in [7, 11) is 3.41. The normalized spacial score (nSPS) is 28.7. The minimum Gasteiger partial charge on any atom is -0.303 e. The third-order valence-electron chi connectivity index (χ3n) is 1.28. The average molecular weight is 117 g/mol. The van der Waals surface area contributed by atoms with Crippen molar-refractivity contribution in [2.24, 2.45) is 0 Å². The van der Waals surface area contributed by atoms with Gasteiger partial charge in [-0.2, -0.15) is 0 Å². The molecule has 0 aromatic rings. The SMILES string of the molecule is CN1CCCPC1. The van der Waals surface area contributed by atoms with Crippen LogP contribution >= 0.6 is 8.58 Å². The van der Waals surface area contributed by atoms with E-state index >= 15 is 0 Å². The van der Waals surface area contributed by atoms with Crippen molar-refractivity contribution in [3.8, 4) is 0 Å². The highest BCUT2D eigenvalue weighted by Crippen LogP contribution is 2.17. The second-order valence-corrected chi connectivity index (χ2v) is 3.41. The fraction of sp³-hybridized carbons (Fsp3) is 1.00. The van der Waals surface area contributed by atoms with E-state index in [1.165, 1.54) is 34.0 Å².